The second kappa shape index (κ2) is 2.62. The maximum absolute atomic E-state index is 9.94. The number of nitrogens with zero attached hydrogens (tertiary/aromatic N) is 1. The standard InChI is InChI=1S/C4H7NO6.H3N/c6-2(7)1-5-3(8,9)4(5,10)11;/h8-11H,1H2,(H,6,7);1H3. The van der Waals surface area contributed by atoms with Crippen LogP contribution in [0.5, 0.6) is 0 Å². The van der Waals surface area contributed by atoms with Crippen LogP contribution in [0.25, 0.3) is 0 Å². The molecule has 0 bridgehead atoms. The van der Waals surface area contributed by atoms with Gasteiger partial charge in [0.2, 0.25) is 0 Å². The van der Waals surface area contributed by atoms with Crippen LogP contribution in [-0.4, -0.2) is 54.8 Å². The van der Waals surface area contributed by atoms with Gasteiger partial charge in [-0.3, -0.25) is 4.79 Å². The predicted octanol–water partition coefficient (Wildman–Crippen LogP) is -3.17. The molecule has 8 nitrogen and oxygen atoms in total. The van der Waals surface area contributed by atoms with Crippen LogP contribution >= 0.6 is 0 Å². The van der Waals surface area contributed by atoms with Gasteiger partial charge in [-0.1, -0.05) is 0 Å². The molecule has 12 heavy (non-hydrogen) atoms. The summed E-state index contributed by atoms with van der Waals surface area (Å²) in [6.07, 6.45) is 0. The molecule has 1 aliphatic rings. The maximum Gasteiger partial charge on any atom is 0.318 e. The molecule has 0 atom stereocenters. The summed E-state index contributed by atoms with van der Waals surface area (Å²) in [6.45, 7) is -0.847. The van der Waals surface area contributed by atoms with Gasteiger partial charge < -0.3 is 31.7 Å². The molecule has 0 aromatic heterocycles. The van der Waals surface area contributed by atoms with E-state index in [2.05, 4.69) is 0 Å². The molecular formula is C4H10N2O6. The van der Waals surface area contributed by atoms with Crippen LogP contribution < -0.4 is 6.15 Å². The number of carboxylic acid groups (broad SMARTS) is 1. The van der Waals surface area contributed by atoms with E-state index in [0.717, 1.165) is 0 Å². The average molecular weight is 182 g/mol. The predicted molar refractivity (Wildman–Crippen MR) is 33.7 cm³/mol. The Balaban J connectivity index is 0.00000121. The van der Waals surface area contributed by atoms with Crippen molar-refractivity contribution in [1.29, 1.82) is 0 Å². The highest BCUT2D eigenvalue weighted by atomic mass is 16.7. The average Bonchev–Trinajstić information content (AvgIpc) is 2.11. The molecule has 1 aliphatic heterocycles. The third-order valence-electron chi connectivity index (χ3n) is 1.45. The number of aliphatic hydroxyl groups is 4. The van der Waals surface area contributed by atoms with Gasteiger partial charge in [0.05, 0.1) is 0 Å². The van der Waals surface area contributed by atoms with Gasteiger partial charge in [0, 0.05) is 0 Å². The highest BCUT2D eigenvalue weighted by molar-refractivity contribution is 5.69. The van der Waals surface area contributed by atoms with Gasteiger partial charge in [0.1, 0.15) is 6.54 Å². The summed E-state index contributed by atoms with van der Waals surface area (Å²) in [4.78, 5) is 10.1. The molecule has 1 saturated heterocycles. The summed E-state index contributed by atoms with van der Waals surface area (Å²) in [5.41, 5.74) is 0. The van der Waals surface area contributed by atoms with Crippen molar-refractivity contribution in [3.8, 4) is 0 Å². The quantitative estimate of drug-likeness (QED) is 0.193. The smallest absolute Gasteiger partial charge is 0.318 e. The number of hydrogen-bond donors (Lipinski definition) is 6. The first-order valence-electron chi connectivity index (χ1n) is 2.69. The van der Waals surface area contributed by atoms with Crippen molar-refractivity contribution in [3.63, 3.8) is 0 Å². The minimum Gasteiger partial charge on any atom is -0.480 e. The molecule has 0 aliphatic carbocycles. The molecular weight excluding hydrogens is 172 g/mol. The molecule has 0 radical (unpaired) electrons. The van der Waals surface area contributed by atoms with E-state index in [1.54, 1.807) is 0 Å². The number of rotatable bonds is 2. The highest BCUT2D eigenvalue weighted by Gasteiger charge is 2.76. The third kappa shape index (κ3) is 1.27. The highest BCUT2D eigenvalue weighted by Crippen LogP contribution is 2.42. The molecule has 0 spiro atoms. The minimum atomic E-state index is -2.84. The van der Waals surface area contributed by atoms with E-state index in [-0.39, 0.29) is 11.1 Å². The van der Waals surface area contributed by atoms with E-state index >= 15 is 0 Å². The van der Waals surface area contributed by atoms with Gasteiger partial charge in [-0.2, -0.15) is 4.90 Å². The minimum absolute atomic E-state index is 0. The summed E-state index contributed by atoms with van der Waals surface area (Å²) in [7, 11) is 0. The Morgan fingerprint density at radius 3 is 1.58 bits per heavy atom. The van der Waals surface area contributed by atoms with Gasteiger partial charge in [-0.25, -0.2) is 0 Å². The van der Waals surface area contributed by atoms with E-state index in [0.29, 0.717) is 0 Å². The third-order valence-corrected chi connectivity index (χ3v) is 1.45. The number of aliphatic carboxylic acids is 1. The van der Waals surface area contributed by atoms with Crippen LogP contribution in [-0.2, 0) is 4.79 Å². The second-order valence-electron chi connectivity index (χ2n) is 2.25. The summed E-state index contributed by atoms with van der Waals surface area (Å²) in [6, 6.07) is 0. The molecule has 0 aromatic carbocycles. The van der Waals surface area contributed by atoms with E-state index < -0.39 is 24.3 Å². The lowest BCUT2D eigenvalue weighted by Crippen LogP contribution is -2.23. The molecule has 72 valence electrons. The van der Waals surface area contributed by atoms with Crippen LogP contribution in [0.1, 0.15) is 0 Å². The molecule has 1 heterocycles. The lowest BCUT2D eigenvalue weighted by molar-refractivity contribution is -0.207. The Bertz CT molecular complexity index is 188. The number of hydrogen-bond acceptors (Lipinski definition) is 7. The van der Waals surface area contributed by atoms with Gasteiger partial charge in [0.15, 0.2) is 0 Å². The zero-order valence-electron chi connectivity index (χ0n) is 6.01. The number of carboxylic acids is 1. The number of carbonyl (C=O) groups is 1. The van der Waals surface area contributed by atoms with Crippen LogP contribution in [0.15, 0.2) is 0 Å². The molecule has 1 fully saturated rings. The molecule has 0 unspecified atom stereocenters. The first kappa shape index (κ1) is 11.2. The fourth-order valence-corrected chi connectivity index (χ4v) is 0.722. The van der Waals surface area contributed by atoms with Crippen molar-refractivity contribution in [3.05, 3.63) is 0 Å². The van der Waals surface area contributed by atoms with Crippen molar-refractivity contribution < 1.29 is 30.3 Å². The Labute approximate surface area is 66.9 Å². The molecule has 8 N–H and O–H groups in total. The van der Waals surface area contributed by atoms with Crippen LogP contribution in [0, 0.1) is 0 Å². The summed E-state index contributed by atoms with van der Waals surface area (Å²) in [5, 5.41) is 42.4. The Morgan fingerprint density at radius 2 is 1.50 bits per heavy atom. The zero-order chi connectivity index (χ0) is 8.86. The first-order chi connectivity index (χ1) is 4.80. The molecule has 0 saturated carbocycles. The molecule has 1 rings (SSSR count). The van der Waals surface area contributed by atoms with Crippen molar-refractivity contribution >= 4 is 5.97 Å². The van der Waals surface area contributed by atoms with Crippen LogP contribution in [0.3, 0.4) is 0 Å². The van der Waals surface area contributed by atoms with E-state index in [9.17, 15) is 4.79 Å². The summed E-state index contributed by atoms with van der Waals surface area (Å²) < 4.78 is 0. The Morgan fingerprint density at radius 1 is 1.17 bits per heavy atom. The van der Waals surface area contributed by atoms with Crippen LogP contribution in [0.4, 0.5) is 0 Å². The summed E-state index contributed by atoms with van der Waals surface area (Å²) >= 11 is 0. The summed E-state index contributed by atoms with van der Waals surface area (Å²) in [5.74, 6) is -7.07. The van der Waals surface area contributed by atoms with Gasteiger partial charge in [-0.05, 0) is 0 Å². The Hall–Kier alpha value is -0.770. The van der Waals surface area contributed by atoms with E-state index in [1.165, 1.54) is 0 Å². The van der Waals surface area contributed by atoms with Gasteiger partial charge >= 0.3 is 17.8 Å². The lowest BCUT2D eigenvalue weighted by Gasteiger charge is -1.95. The van der Waals surface area contributed by atoms with E-state index in [4.69, 9.17) is 25.5 Å². The van der Waals surface area contributed by atoms with Crippen molar-refractivity contribution in [1.82, 2.24) is 11.1 Å². The topological polar surface area (TPSA) is 156 Å². The Kier molecular flexibility index (Phi) is 2.45. The van der Waals surface area contributed by atoms with Crippen molar-refractivity contribution in [2.24, 2.45) is 0 Å². The van der Waals surface area contributed by atoms with Crippen LogP contribution in [0.2, 0.25) is 0 Å². The molecule has 0 aromatic rings. The van der Waals surface area contributed by atoms with Gasteiger partial charge in [-0.15, -0.1) is 0 Å². The van der Waals surface area contributed by atoms with Crippen molar-refractivity contribution in [2.75, 3.05) is 6.54 Å². The first-order valence-corrected chi connectivity index (χ1v) is 2.69. The fraction of sp³-hybridized carbons (Fsp3) is 0.750. The van der Waals surface area contributed by atoms with Crippen molar-refractivity contribution in [2.45, 2.75) is 11.8 Å². The lowest BCUT2D eigenvalue weighted by atomic mass is 10.6. The maximum atomic E-state index is 9.94. The largest absolute Gasteiger partial charge is 0.480 e. The molecule has 8 heteroatoms. The zero-order valence-corrected chi connectivity index (χ0v) is 6.01. The normalized spacial score (nSPS) is 24.3. The fourth-order valence-electron chi connectivity index (χ4n) is 0.722. The molecule has 0 amide bonds. The SMILES string of the molecule is N.O=C(O)CN1C(O)(O)C1(O)O. The second-order valence-corrected chi connectivity index (χ2v) is 2.25. The van der Waals surface area contributed by atoms with E-state index in [1.807, 2.05) is 0 Å². The van der Waals surface area contributed by atoms with Gasteiger partial charge in [0.25, 0.3) is 0 Å². The monoisotopic (exact) mass is 182 g/mol.